The van der Waals surface area contributed by atoms with Gasteiger partial charge >= 0.3 is 0 Å². The molecule has 0 aliphatic carbocycles. The molecule has 0 saturated carbocycles. The van der Waals surface area contributed by atoms with Crippen LogP contribution in [-0.4, -0.2) is 25.8 Å². The molecule has 118 valence electrons. The van der Waals surface area contributed by atoms with E-state index >= 15 is 0 Å². The van der Waals surface area contributed by atoms with Gasteiger partial charge in [0.15, 0.2) is 5.82 Å². The summed E-state index contributed by atoms with van der Waals surface area (Å²) in [6, 6.07) is -0.128. The van der Waals surface area contributed by atoms with Gasteiger partial charge in [-0.15, -0.1) is 10.2 Å². The van der Waals surface area contributed by atoms with Crippen molar-refractivity contribution >= 4 is 5.91 Å². The molecule has 0 fully saturated rings. The highest BCUT2D eigenvalue weighted by molar-refractivity contribution is 5.76. The average molecular weight is 303 g/mol. The van der Waals surface area contributed by atoms with Crippen LogP contribution in [0.4, 0.5) is 0 Å². The zero-order valence-electron chi connectivity index (χ0n) is 13.2. The van der Waals surface area contributed by atoms with Gasteiger partial charge in [0.1, 0.15) is 11.6 Å². The molecule has 0 radical (unpaired) electrons. The van der Waals surface area contributed by atoms with E-state index in [0.717, 1.165) is 48.1 Å². The molecule has 0 saturated heterocycles. The minimum absolute atomic E-state index is 0.00264. The number of carbonyl (C=O) groups excluding carboxylic acids is 1. The van der Waals surface area contributed by atoms with Crippen LogP contribution in [0.1, 0.15) is 54.5 Å². The van der Waals surface area contributed by atoms with Crippen molar-refractivity contribution < 1.29 is 9.32 Å². The van der Waals surface area contributed by atoms with Crippen molar-refractivity contribution in [2.24, 2.45) is 0 Å². The van der Waals surface area contributed by atoms with Gasteiger partial charge in [-0.3, -0.25) is 4.79 Å². The summed E-state index contributed by atoms with van der Waals surface area (Å²) in [5, 5.41) is 15.3. The zero-order valence-corrected chi connectivity index (χ0v) is 13.2. The highest BCUT2D eigenvalue weighted by atomic mass is 16.5. The molecule has 3 heterocycles. The van der Waals surface area contributed by atoms with Crippen molar-refractivity contribution in [1.82, 2.24) is 25.2 Å². The van der Waals surface area contributed by atoms with Crippen LogP contribution in [0, 0.1) is 13.8 Å². The molecule has 1 aliphatic heterocycles. The fraction of sp³-hybridized carbons (Fsp3) is 0.600. The van der Waals surface area contributed by atoms with Crippen LogP contribution in [0.2, 0.25) is 0 Å². The minimum atomic E-state index is -0.128. The zero-order chi connectivity index (χ0) is 15.7. The second-order valence-electron chi connectivity index (χ2n) is 5.82. The maximum absolute atomic E-state index is 12.1. The van der Waals surface area contributed by atoms with Crippen molar-refractivity contribution in [1.29, 1.82) is 0 Å². The molecular formula is C15H21N5O2. The standard InChI is InChI=1S/C15H21N5O2/c1-9-12(11(3)22-19-9)6-7-14(21)16-10(2)15-18-17-13-5-4-8-20(13)15/h10H,4-8H2,1-3H3,(H,16,21)/t10-/m1/s1. The Morgan fingerprint density at radius 1 is 1.41 bits per heavy atom. The lowest BCUT2D eigenvalue weighted by Crippen LogP contribution is -2.28. The topological polar surface area (TPSA) is 85.8 Å². The third kappa shape index (κ3) is 2.75. The van der Waals surface area contributed by atoms with Crippen LogP contribution in [0.5, 0.6) is 0 Å². The van der Waals surface area contributed by atoms with Crippen molar-refractivity contribution in [2.75, 3.05) is 0 Å². The summed E-state index contributed by atoms with van der Waals surface area (Å²) < 4.78 is 7.23. The molecule has 3 rings (SSSR count). The molecule has 2 aromatic rings. The van der Waals surface area contributed by atoms with Gasteiger partial charge in [0, 0.05) is 24.9 Å². The first-order chi connectivity index (χ1) is 10.6. The summed E-state index contributed by atoms with van der Waals surface area (Å²) in [5.74, 6) is 2.65. The Bertz CT molecular complexity index is 669. The molecule has 2 aromatic heterocycles. The lowest BCUT2D eigenvalue weighted by atomic mass is 10.1. The lowest BCUT2D eigenvalue weighted by Gasteiger charge is -2.13. The second-order valence-corrected chi connectivity index (χ2v) is 5.82. The molecule has 7 nitrogen and oxygen atoms in total. The van der Waals surface area contributed by atoms with Gasteiger partial charge < -0.3 is 14.4 Å². The quantitative estimate of drug-likeness (QED) is 0.907. The summed E-state index contributed by atoms with van der Waals surface area (Å²) in [5.41, 5.74) is 1.87. The SMILES string of the molecule is Cc1noc(C)c1CCC(=O)N[C@H](C)c1nnc2n1CCC2. The van der Waals surface area contributed by atoms with Crippen LogP contribution < -0.4 is 5.32 Å². The molecule has 0 unspecified atom stereocenters. The van der Waals surface area contributed by atoms with Crippen LogP contribution in [-0.2, 0) is 24.2 Å². The molecule has 0 spiro atoms. The van der Waals surface area contributed by atoms with Crippen molar-refractivity contribution in [3.63, 3.8) is 0 Å². The van der Waals surface area contributed by atoms with Crippen molar-refractivity contribution in [3.05, 3.63) is 28.7 Å². The molecule has 1 aliphatic rings. The Labute approximate surface area is 129 Å². The van der Waals surface area contributed by atoms with Crippen molar-refractivity contribution in [2.45, 2.75) is 59.0 Å². The number of aryl methyl sites for hydroxylation is 3. The summed E-state index contributed by atoms with van der Waals surface area (Å²) in [7, 11) is 0. The molecule has 22 heavy (non-hydrogen) atoms. The van der Waals surface area contributed by atoms with E-state index in [1.54, 1.807) is 0 Å². The number of nitrogens with one attached hydrogen (secondary N) is 1. The fourth-order valence-electron chi connectivity index (χ4n) is 2.97. The third-order valence-electron chi connectivity index (χ3n) is 4.19. The maximum atomic E-state index is 12.1. The van der Waals surface area contributed by atoms with E-state index in [4.69, 9.17) is 4.52 Å². The first kappa shape index (κ1) is 14.7. The average Bonchev–Trinajstić information content (AvgIpc) is 3.13. The van der Waals surface area contributed by atoms with E-state index in [9.17, 15) is 4.79 Å². The summed E-state index contributed by atoms with van der Waals surface area (Å²) in [6.45, 7) is 6.65. The van der Waals surface area contributed by atoms with Gasteiger partial charge in [-0.2, -0.15) is 0 Å². The monoisotopic (exact) mass is 303 g/mol. The van der Waals surface area contributed by atoms with Crippen molar-refractivity contribution in [3.8, 4) is 0 Å². The number of aromatic nitrogens is 4. The van der Waals surface area contributed by atoms with Gasteiger partial charge in [0.2, 0.25) is 5.91 Å². The van der Waals surface area contributed by atoms with Gasteiger partial charge in [-0.05, 0) is 33.6 Å². The number of fused-ring (bicyclic) bond motifs is 1. The molecule has 1 amide bonds. The Hall–Kier alpha value is -2.18. The Morgan fingerprint density at radius 2 is 2.23 bits per heavy atom. The van der Waals surface area contributed by atoms with Gasteiger partial charge in [0.05, 0.1) is 11.7 Å². The highest BCUT2D eigenvalue weighted by Gasteiger charge is 2.22. The van der Waals surface area contributed by atoms with E-state index in [1.165, 1.54) is 0 Å². The van der Waals surface area contributed by atoms with Gasteiger partial charge in [0.25, 0.3) is 0 Å². The normalized spacial score (nSPS) is 14.9. The summed E-state index contributed by atoms with van der Waals surface area (Å²) >= 11 is 0. The second kappa shape index (κ2) is 5.90. The number of hydrogen-bond acceptors (Lipinski definition) is 5. The predicted molar refractivity (Wildman–Crippen MR) is 79.2 cm³/mol. The van der Waals surface area contributed by atoms with E-state index < -0.39 is 0 Å². The molecule has 1 N–H and O–H groups in total. The van der Waals surface area contributed by atoms with Crippen LogP contribution >= 0.6 is 0 Å². The number of amides is 1. The first-order valence-electron chi connectivity index (χ1n) is 7.69. The number of hydrogen-bond donors (Lipinski definition) is 1. The highest BCUT2D eigenvalue weighted by Crippen LogP contribution is 2.19. The maximum Gasteiger partial charge on any atom is 0.220 e. The predicted octanol–water partition coefficient (Wildman–Crippen LogP) is 1.64. The number of nitrogens with zero attached hydrogens (tertiary/aromatic N) is 4. The van der Waals surface area contributed by atoms with Crippen LogP contribution in [0.15, 0.2) is 4.52 Å². The van der Waals surface area contributed by atoms with E-state index in [2.05, 4.69) is 25.2 Å². The third-order valence-corrected chi connectivity index (χ3v) is 4.19. The van der Waals surface area contributed by atoms with Gasteiger partial charge in [-0.1, -0.05) is 5.16 Å². The van der Waals surface area contributed by atoms with E-state index in [0.29, 0.717) is 12.8 Å². The smallest absolute Gasteiger partial charge is 0.220 e. The van der Waals surface area contributed by atoms with Crippen LogP contribution in [0.3, 0.4) is 0 Å². The fourth-order valence-corrected chi connectivity index (χ4v) is 2.97. The van der Waals surface area contributed by atoms with E-state index in [1.807, 2.05) is 20.8 Å². The summed E-state index contributed by atoms with van der Waals surface area (Å²) in [4.78, 5) is 12.1. The Balaban J connectivity index is 1.57. The van der Waals surface area contributed by atoms with E-state index in [-0.39, 0.29) is 11.9 Å². The molecule has 0 bridgehead atoms. The molecule has 1 atom stereocenters. The largest absolute Gasteiger partial charge is 0.361 e. The number of rotatable bonds is 5. The number of carbonyl (C=O) groups is 1. The molecule has 7 heteroatoms. The molecular weight excluding hydrogens is 282 g/mol. The Morgan fingerprint density at radius 3 is 2.95 bits per heavy atom. The minimum Gasteiger partial charge on any atom is -0.361 e. The molecule has 0 aromatic carbocycles. The Kier molecular flexibility index (Phi) is 3.96. The summed E-state index contributed by atoms with van der Waals surface area (Å²) in [6.07, 6.45) is 3.12. The first-order valence-corrected chi connectivity index (χ1v) is 7.69. The van der Waals surface area contributed by atoms with Gasteiger partial charge in [-0.25, -0.2) is 0 Å². The lowest BCUT2D eigenvalue weighted by molar-refractivity contribution is -0.121. The van der Waals surface area contributed by atoms with Crippen LogP contribution in [0.25, 0.3) is 0 Å².